The van der Waals surface area contributed by atoms with Crippen molar-refractivity contribution >= 4 is 17.2 Å². The SMILES string of the molecule is O=C(c1ccco1)N1CCN(Cc2nc(-c3ccco3)cs2)CC1. The van der Waals surface area contributed by atoms with E-state index >= 15 is 0 Å². The van der Waals surface area contributed by atoms with Gasteiger partial charge in [-0.15, -0.1) is 11.3 Å². The lowest BCUT2D eigenvalue weighted by Gasteiger charge is -2.33. The van der Waals surface area contributed by atoms with E-state index < -0.39 is 0 Å². The molecule has 1 aliphatic rings. The molecule has 124 valence electrons. The lowest BCUT2D eigenvalue weighted by molar-refractivity contribution is 0.0598. The maximum absolute atomic E-state index is 12.3. The first-order valence-electron chi connectivity index (χ1n) is 7.83. The number of carbonyl (C=O) groups excluding carboxylic acids is 1. The number of thiazole rings is 1. The molecule has 0 bridgehead atoms. The Hall–Kier alpha value is -2.38. The molecule has 1 aliphatic heterocycles. The second kappa shape index (κ2) is 6.62. The molecule has 0 aliphatic carbocycles. The predicted molar refractivity (Wildman–Crippen MR) is 89.7 cm³/mol. The number of hydrogen-bond donors (Lipinski definition) is 0. The van der Waals surface area contributed by atoms with Gasteiger partial charge in [-0.25, -0.2) is 4.98 Å². The third-order valence-corrected chi connectivity index (χ3v) is 4.91. The van der Waals surface area contributed by atoms with Gasteiger partial charge in [0.1, 0.15) is 10.7 Å². The van der Waals surface area contributed by atoms with Crippen LogP contribution in [0.1, 0.15) is 15.6 Å². The summed E-state index contributed by atoms with van der Waals surface area (Å²) >= 11 is 1.64. The molecular formula is C17H17N3O3S. The summed E-state index contributed by atoms with van der Waals surface area (Å²) < 4.78 is 10.6. The van der Waals surface area contributed by atoms with Crippen LogP contribution >= 0.6 is 11.3 Å². The van der Waals surface area contributed by atoms with E-state index in [4.69, 9.17) is 8.83 Å². The molecule has 4 heterocycles. The number of furan rings is 2. The van der Waals surface area contributed by atoms with E-state index in [2.05, 4.69) is 9.88 Å². The summed E-state index contributed by atoms with van der Waals surface area (Å²) in [6, 6.07) is 7.23. The van der Waals surface area contributed by atoms with Crippen molar-refractivity contribution in [2.75, 3.05) is 26.2 Å². The summed E-state index contributed by atoms with van der Waals surface area (Å²) in [4.78, 5) is 21.0. The Kier molecular flexibility index (Phi) is 4.18. The average molecular weight is 343 g/mol. The van der Waals surface area contributed by atoms with Gasteiger partial charge in [-0.3, -0.25) is 9.69 Å². The third kappa shape index (κ3) is 3.13. The first kappa shape index (κ1) is 15.2. The van der Waals surface area contributed by atoms with Crippen molar-refractivity contribution < 1.29 is 13.6 Å². The second-order valence-corrected chi connectivity index (χ2v) is 6.59. The van der Waals surface area contributed by atoms with E-state index in [0.717, 1.165) is 36.1 Å². The molecule has 1 fully saturated rings. The fourth-order valence-corrected chi connectivity index (χ4v) is 3.60. The van der Waals surface area contributed by atoms with Crippen LogP contribution in [0.4, 0.5) is 0 Å². The molecule has 0 spiro atoms. The minimum absolute atomic E-state index is 0.0333. The second-order valence-electron chi connectivity index (χ2n) is 5.65. The number of aromatic nitrogens is 1. The number of rotatable bonds is 4. The van der Waals surface area contributed by atoms with Gasteiger partial charge < -0.3 is 13.7 Å². The fraction of sp³-hybridized carbons (Fsp3) is 0.294. The van der Waals surface area contributed by atoms with Gasteiger partial charge in [0.05, 0.1) is 19.1 Å². The van der Waals surface area contributed by atoms with Crippen LogP contribution in [0.15, 0.2) is 51.0 Å². The van der Waals surface area contributed by atoms with E-state index in [1.807, 2.05) is 22.4 Å². The molecule has 0 unspecified atom stereocenters. The van der Waals surface area contributed by atoms with Crippen molar-refractivity contribution in [2.24, 2.45) is 0 Å². The molecule has 0 radical (unpaired) electrons. The minimum Gasteiger partial charge on any atom is -0.463 e. The highest BCUT2D eigenvalue weighted by Crippen LogP contribution is 2.23. The highest BCUT2D eigenvalue weighted by atomic mass is 32.1. The maximum atomic E-state index is 12.3. The summed E-state index contributed by atoms with van der Waals surface area (Å²) in [6.45, 7) is 3.88. The van der Waals surface area contributed by atoms with Crippen molar-refractivity contribution in [1.29, 1.82) is 0 Å². The number of hydrogen-bond acceptors (Lipinski definition) is 6. The Morgan fingerprint density at radius 2 is 1.92 bits per heavy atom. The first-order valence-corrected chi connectivity index (χ1v) is 8.71. The molecule has 0 atom stereocenters. The highest BCUT2D eigenvalue weighted by molar-refractivity contribution is 7.09. The molecule has 3 aromatic heterocycles. The van der Waals surface area contributed by atoms with Gasteiger partial charge in [-0.05, 0) is 24.3 Å². The van der Waals surface area contributed by atoms with Crippen molar-refractivity contribution in [1.82, 2.24) is 14.8 Å². The highest BCUT2D eigenvalue weighted by Gasteiger charge is 2.24. The Balaban J connectivity index is 1.33. The summed E-state index contributed by atoms with van der Waals surface area (Å²) in [5.41, 5.74) is 0.881. The van der Waals surface area contributed by atoms with Gasteiger partial charge in [0, 0.05) is 31.6 Å². The van der Waals surface area contributed by atoms with E-state index in [-0.39, 0.29) is 5.91 Å². The van der Waals surface area contributed by atoms with Crippen LogP contribution in [-0.4, -0.2) is 46.9 Å². The fourth-order valence-electron chi connectivity index (χ4n) is 2.78. The van der Waals surface area contributed by atoms with Crippen LogP contribution in [0, 0.1) is 0 Å². The lowest BCUT2D eigenvalue weighted by atomic mass is 10.3. The van der Waals surface area contributed by atoms with Gasteiger partial charge in [-0.1, -0.05) is 0 Å². The van der Waals surface area contributed by atoms with E-state index in [1.165, 1.54) is 6.26 Å². The molecular weight excluding hydrogens is 326 g/mol. The Labute approximate surface area is 143 Å². The molecule has 0 aromatic carbocycles. The van der Waals surface area contributed by atoms with Crippen LogP contribution in [0.25, 0.3) is 11.5 Å². The number of amides is 1. The zero-order valence-electron chi connectivity index (χ0n) is 13.1. The summed E-state index contributed by atoms with van der Waals surface area (Å²) in [7, 11) is 0. The van der Waals surface area contributed by atoms with Crippen LogP contribution < -0.4 is 0 Å². The van der Waals surface area contributed by atoms with Crippen LogP contribution in [0.5, 0.6) is 0 Å². The molecule has 6 nitrogen and oxygen atoms in total. The van der Waals surface area contributed by atoms with Crippen molar-refractivity contribution in [3.8, 4) is 11.5 Å². The van der Waals surface area contributed by atoms with Crippen LogP contribution in [0.2, 0.25) is 0 Å². The van der Waals surface area contributed by atoms with E-state index in [0.29, 0.717) is 18.8 Å². The Morgan fingerprint density at radius 1 is 1.12 bits per heavy atom. The minimum atomic E-state index is -0.0333. The first-order chi connectivity index (χ1) is 11.8. The maximum Gasteiger partial charge on any atom is 0.289 e. The number of piperazine rings is 1. The quantitative estimate of drug-likeness (QED) is 0.729. The molecule has 1 amide bonds. The van der Waals surface area contributed by atoms with Crippen LogP contribution in [0.3, 0.4) is 0 Å². The molecule has 24 heavy (non-hydrogen) atoms. The summed E-state index contributed by atoms with van der Waals surface area (Å²) in [5, 5.41) is 3.08. The molecule has 3 aromatic rings. The lowest BCUT2D eigenvalue weighted by Crippen LogP contribution is -2.48. The molecule has 0 saturated carbocycles. The normalized spacial score (nSPS) is 15.8. The molecule has 0 N–H and O–H groups in total. The predicted octanol–water partition coefficient (Wildman–Crippen LogP) is 2.95. The molecule has 4 rings (SSSR count). The van der Waals surface area contributed by atoms with Gasteiger partial charge in [0.2, 0.25) is 0 Å². The smallest absolute Gasteiger partial charge is 0.289 e. The Morgan fingerprint density at radius 3 is 2.62 bits per heavy atom. The average Bonchev–Trinajstić information content (AvgIpc) is 3.36. The summed E-state index contributed by atoms with van der Waals surface area (Å²) in [6.07, 6.45) is 3.19. The monoisotopic (exact) mass is 343 g/mol. The zero-order chi connectivity index (χ0) is 16.4. The van der Waals surface area contributed by atoms with Crippen molar-refractivity contribution in [3.63, 3.8) is 0 Å². The third-order valence-electron chi connectivity index (χ3n) is 4.08. The largest absolute Gasteiger partial charge is 0.463 e. The van der Waals surface area contributed by atoms with Crippen LogP contribution in [-0.2, 0) is 6.54 Å². The van der Waals surface area contributed by atoms with Crippen molar-refractivity contribution in [2.45, 2.75) is 6.54 Å². The number of carbonyl (C=O) groups is 1. The molecule has 7 heteroatoms. The summed E-state index contributed by atoms with van der Waals surface area (Å²) in [5.74, 6) is 1.17. The Bertz CT molecular complexity index is 787. The van der Waals surface area contributed by atoms with Gasteiger partial charge in [-0.2, -0.15) is 0 Å². The van der Waals surface area contributed by atoms with Crippen molar-refractivity contribution in [3.05, 3.63) is 52.9 Å². The van der Waals surface area contributed by atoms with Gasteiger partial charge in [0.25, 0.3) is 5.91 Å². The topological polar surface area (TPSA) is 62.7 Å². The zero-order valence-corrected chi connectivity index (χ0v) is 13.9. The number of nitrogens with zero attached hydrogens (tertiary/aromatic N) is 3. The van der Waals surface area contributed by atoms with Gasteiger partial charge in [0.15, 0.2) is 11.5 Å². The van der Waals surface area contributed by atoms with E-state index in [1.54, 1.807) is 29.7 Å². The molecule has 1 saturated heterocycles. The van der Waals surface area contributed by atoms with Gasteiger partial charge >= 0.3 is 0 Å². The van der Waals surface area contributed by atoms with E-state index in [9.17, 15) is 4.79 Å². The standard InChI is InChI=1S/C17H17N3O3S/c21-17(15-4-2-10-23-15)20-7-5-19(6-8-20)11-16-18-13(12-24-16)14-3-1-9-22-14/h1-4,9-10,12H,5-8,11H2.